The van der Waals surface area contributed by atoms with Gasteiger partial charge in [-0.05, 0) is 18.2 Å². The van der Waals surface area contributed by atoms with Crippen LogP contribution in [0.5, 0.6) is 0 Å². The maximum Gasteiger partial charge on any atom is 0.418 e. The number of carbonyl (C=O) groups is 1. The highest BCUT2D eigenvalue weighted by Gasteiger charge is 2.36. The molecule has 0 amide bonds. The van der Waals surface area contributed by atoms with Gasteiger partial charge in [-0.25, -0.2) is 21.6 Å². The highest BCUT2D eigenvalue weighted by molar-refractivity contribution is 7.91. The normalized spacial score (nSPS) is 12.3. The Morgan fingerprint density at radius 1 is 1.30 bits per heavy atom. The number of nitrogens with zero attached hydrogens (tertiary/aromatic N) is 1. The number of esters is 1. The molecular formula is C11H12F3NO6S2. The minimum atomic E-state index is -4.95. The molecule has 0 aliphatic carbocycles. The second kappa shape index (κ2) is 6.74. The second-order valence-corrected chi connectivity index (χ2v) is 7.48. The lowest BCUT2D eigenvalue weighted by Gasteiger charge is -2.21. The van der Waals surface area contributed by atoms with E-state index in [-0.39, 0.29) is 9.87 Å². The molecule has 0 bridgehead atoms. The first-order valence-corrected chi connectivity index (χ1v) is 8.95. The van der Waals surface area contributed by atoms with Crippen molar-refractivity contribution in [1.82, 2.24) is 0 Å². The molecule has 1 aromatic carbocycles. The third-order valence-corrected chi connectivity index (χ3v) is 4.23. The van der Waals surface area contributed by atoms with E-state index >= 15 is 0 Å². The number of anilines is 1. The number of thiol groups is 1. The largest absolute Gasteiger partial charge is 0.465 e. The van der Waals surface area contributed by atoms with Crippen molar-refractivity contribution in [2.75, 3.05) is 23.5 Å². The predicted molar refractivity (Wildman–Crippen MR) is 75.3 cm³/mol. The van der Waals surface area contributed by atoms with Gasteiger partial charge in [0.15, 0.2) is 9.84 Å². The summed E-state index contributed by atoms with van der Waals surface area (Å²) < 4.78 is 88.5. The molecule has 0 atom stereocenters. The Morgan fingerprint density at radius 3 is 2.26 bits per heavy atom. The van der Waals surface area contributed by atoms with Crippen molar-refractivity contribution in [3.63, 3.8) is 0 Å². The smallest absolute Gasteiger partial charge is 0.418 e. The Labute approximate surface area is 131 Å². The first kappa shape index (κ1) is 19.2. The van der Waals surface area contributed by atoms with Gasteiger partial charge in [0.05, 0.1) is 23.9 Å². The van der Waals surface area contributed by atoms with Gasteiger partial charge in [-0.1, -0.05) is 0 Å². The molecule has 0 aromatic heterocycles. The first-order chi connectivity index (χ1) is 10.4. The van der Waals surface area contributed by atoms with Crippen molar-refractivity contribution in [3.05, 3.63) is 29.3 Å². The Bertz CT molecular complexity index is 777. The van der Waals surface area contributed by atoms with Crippen molar-refractivity contribution in [2.45, 2.75) is 6.18 Å². The predicted octanol–water partition coefficient (Wildman–Crippen LogP) is 0.827. The summed E-state index contributed by atoms with van der Waals surface area (Å²) in [6.07, 6.45) is -4.29. The number of ether oxygens (including phenoxy) is 1. The van der Waals surface area contributed by atoms with E-state index in [0.29, 0.717) is 18.4 Å². The van der Waals surface area contributed by atoms with Gasteiger partial charge >= 0.3 is 12.1 Å². The van der Waals surface area contributed by atoms with Crippen LogP contribution in [0, 0.1) is 0 Å². The second-order valence-electron chi connectivity index (χ2n) is 4.41. The molecule has 7 nitrogen and oxygen atoms in total. The minimum Gasteiger partial charge on any atom is -0.465 e. The summed E-state index contributed by atoms with van der Waals surface area (Å²) in [5.74, 6) is -2.19. The van der Waals surface area contributed by atoms with Gasteiger partial charge < -0.3 is 4.74 Å². The van der Waals surface area contributed by atoms with E-state index in [4.69, 9.17) is 0 Å². The van der Waals surface area contributed by atoms with E-state index in [1.165, 1.54) is 0 Å². The molecule has 0 spiro atoms. The van der Waals surface area contributed by atoms with Crippen molar-refractivity contribution in [3.8, 4) is 0 Å². The number of hydrogen-bond donors (Lipinski definition) is 1. The summed E-state index contributed by atoms with van der Waals surface area (Å²) >= 11 is 0. The fourth-order valence-corrected chi connectivity index (χ4v) is 3.59. The molecule has 12 heteroatoms. The third-order valence-electron chi connectivity index (χ3n) is 2.56. The maximum atomic E-state index is 13.0. The number of alkyl halides is 3. The van der Waals surface area contributed by atoms with Crippen LogP contribution in [0.3, 0.4) is 0 Å². The zero-order valence-electron chi connectivity index (χ0n) is 11.8. The van der Waals surface area contributed by atoms with E-state index in [0.717, 1.165) is 13.2 Å². The molecule has 0 fully saturated rings. The Balaban J connectivity index is 3.63. The van der Waals surface area contributed by atoms with E-state index in [1.807, 2.05) is 0 Å². The van der Waals surface area contributed by atoms with Gasteiger partial charge in [-0.3, -0.25) is 4.31 Å². The van der Waals surface area contributed by atoms with Gasteiger partial charge in [-0.2, -0.15) is 13.2 Å². The topological polar surface area (TPSA) is 97.8 Å². The van der Waals surface area contributed by atoms with Crippen molar-refractivity contribution >= 4 is 32.4 Å². The average Bonchev–Trinajstić information content (AvgIpc) is 2.41. The fraction of sp³-hybridized carbons (Fsp3) is 0.364. The average molecular weight is 375 g/mol. The first-order valence-electron chi connectivity index (χ1n) is 5.76. The number of halogens is 3. The monoisotopic (exact) mass is 375 g/mol. The van der Waals surface area contributed by atoms with Gasteiger partial charge in [-0.15, -0.1) is 0 Å². The molecule has 130 valence electrons. The van der Waals surface area contributed by atoms with E-state index in [1.54, 1.807) is 0 Å². The van der Waals surface area contributed by atoms with Crippen LogP contribution < -0.4 is 4.31 Å². The van der Waals surface area contributed by atoms with Gasteiger partial charge in [0.25, 0.3) is 0 Å². The number of hydrogen-bond acceptors (Lipinski definition) is 6. The number of benzene rings is 1. The Kier molecular flexibility index (Phi) is 5.64. The molecule has 0 heterocycles. The molecule has 23 heavy (non-hydrogen) atoms. The lowest BCUT2D eigenvalue weighted by molar-refractivity contribution is -0.137. The maximum absolute atomic E-state index is 13.0. The Hall–Kier alpha value is -1.82. The van der Waals surface area contributed by atoms with Gasteiger partial charge in [0.2, 0.25) is 10.9 Å². The van der Waals surface area contributed by atoms with E-state index in [9.17, 15) is 34.8 Å². The quantitative estimate of drug-likeness (QED) is 0.605. The van der Waals surface area contributed by atoms with Gasteiger partial charge in [0, 0.05) is 6.26 Å². The molecule has 0 radical (unpaired) electrons. The van der Waals surface area contributed by atoms with E-state index in [2.05, 4.69) is 4.74 Å². The molecular weight excluding hydrogens is 363 g/mol. The van der Waals surface area contributed by atoms with Crippen LogP contribution >= 0.6 is 0 Å². The van der Waals surface area contributed by atoms with Crippen molar-refractivity contribution in [1.29, 1.82) is 0 Å². The molecule has 0 unspecified atom stereocenters. The molecule has 1 rings (SSSR count). The molecule has 1 aromatic rings. The Morgan fingerprint density at radius 2 is 1.87 bits per heavy atom. The summed E-state index contributed by atoms with van der Waals surface area (Å²) in [6.45, 7) is 0. The SMILES string of the molecule is COC(=O)c1ccc(C(F)(F)F)c(N(CS(C)(=O)=O)[SH](=O)=O)c1. The van der Waals surface area contributed by atoms with Crippen molar-refractivity contribution < 1.29 is 39.5 Å². The number of methoxy groups -OCH3 is 1. The molecule has 0 saturated heterocycles. The van der Waals surface area contributed by atoms with Crippen LogP contribution in [0.2, 0.25) is 0 Å². The number of sulfone groups is 1. The highest BCUT2D eigenvalue weighted by atomic mass is 32.2. The molecule has 0 saturated carbocycles. The van der Waals surface area contributed by atoms with Crippen LogP contribution in [0.4, 0.5) is 18.9 Å². The van der Waals surface area contributed by atoms with Crippen LogP contribution in [-0.2, 0) is 31.6 Å². The summed E-state index contributed by atoms with van der Waals surface area (Å²) in [5.41, 5.74) is -2.72. The fourth-order valence-electron chi connectivity index (χ4n) is 1.66. The van der Waals surface area contributed by atoms with E-state index < -0.39 is 50.0 Å². The standard InChI is InChI=1S/C11H12F3NO6S2/c1-21-10(16)7-3-4-8(11(12,13)14)9(5-7)15(22(17)18)6-23(2,19)20/h3-5,22H,6H2,1-2H3. The third kappa shape index (κ3) is 5.10. The highest BCUT2D eigenvalue weighted by Crippen LogP contribution is 2.37. The van der Waals surface area contributed by atoms with Crippen LogP contribution in [0.25, 0.3) is 0 Å². The van der Waals surface area contributed by atoms with Crippen LogP contribution in [0.1, 0.15) is 15.9 Å². The molecule has 0 N–H and O–H groups in total. The summed E-state index contributed by atoms with van der Waals surface area (Å²) in [4.78, 5) is 11.4. The summed E-state index contributed by atoms with van der Waals surface area (Å²) in [6, 6.07) is 1.90. The molecule has 0 aliphatic heterocycles. The van der Waals surface area contributed by atoms with Crippen LogP contribution in [-0.4, -0.2) is 42.0 Å². The zero-order chi connectivity index (χ0) is 18.0. The summed E-state index contributed by atoms with van der Waals surface area (Å²) in [5, 5.41) is 0. The zero-order valence-corrected chi connectivity index (χ0v) is 13.5. The summed E-state index contributed by atoms with van der Waals surface area (Å²) in [7, 11) is -6.67. The number of rotatable bonds is 5. The van der Waals surface area contributed by atoms with Gasteiger partial charge in [0.1, 0.15) is 5.88 Å². The van der Waals surface area contributed by atoms with Crippen molar-refractivity contribution in [2.24, 2.45) is 0 Å². The lowest BCUT2D eigenvalue weighted by Crippen LogP contribution is -2.30. The molecule has 0 aliphatic rings. The van der Waals surface area contributed by atoms with Crippen LogP contribution in [0.15, 0.2) is 18.2 Å². The lowest BCUT2D eigenvalue weighted by atomic mass is 10.1. The minimum absolute atomic E-state index is 0.0416. The number of carbonyl (C=O) groups excluding carboxylic acids is 1.